The van der Waals surface area contributed by atoms with E-state index in [9.17, 15) is 19.8 Å². The van der Waals surface area contributed by atoms with Gasteiger partial charge in [0.25, 0.3) is 0 Å². The smallest absolute Gasteiger partial charge is 0.306 e. The van der Waals surface area contributed by atoms with E-state index in [4.69, 9.17) is 4.74 Å². The maximum atomic E-state index is 13.2. The molecule has 2 saturated carbocycles. The topological polar surface area (TPSA) is 83.8 Å². The fourth-order valence-corrected chi connectivity index (χ4v) is 9.27. The lowest BCUT2D eigenvalue weighted by molar-refractivity contribution is -0.187. The van der Waals surface area contributed by atoms with Crippen molar-refractivity contribution < 1.29 is 24.5 Å². The van der Waals surface area contributed by atoms with E-state index in [1.165, 1.54) is 70.6 Å². The van der Waals surface area contributed by atoms with Crippen LogP contribution < -0.4 is 0 Å². The molecule has 5 nitrogen and oxygen atoms in total. The summed E-state index contributed by atoms with van der Waals surface area (Å²) in [5.41, 5.74) is -2.24. The van der Waals surface area contributed by atoms with E-state index < -0.39 is 22.7 Å². The van der Waals surface area contributed by atoms with Crippen molar-refractivity contribution in [2.75, 3.05) is 0 Å². The number of rotatable bonds is 16. The number of aliphatic hydroxyl groups is 2. The van der Waals surface area contributed by atoms with E-state index in [0.717, 1.165) is 18.4 Å². The molecule has 0 aromatic carbocycles. The van der Waals surface area contributed by atoms with E-state index >= 15 is 0 Å². The Labute approximate surface area is 255 Å². The lowest BCUT2D eigenvalue weighted by Gasteiger charge is -2.50. The standard InChI is InChI=1S/C37H60O5/c1-7-9-10-11-12-13-14-15-16-17-18-19-20-21-31(38)42-36-24-27(4)37(41)29(32(36)34(36,5)6)23-28(8-2)25-35(40)30(37)22-26(3)33(35)39/h22-23,27,29-30,32,40-41H,7-21,24-25H2,1-6H3/t27-,29?,30?,32-,35-,36+,37-/m1/s1. The van der Waals surface area contributed by atoms with Crippen LogP contribution in [0.15, 0.2) is 23.3 Å². The number of esters is 1. The molecule has 7 atom stereocenters. The normalized spacial score (nSPS) is 36.3. The molecular formula is C37H60O5. The molecule has 0 radical (unpaired) electrons. The Kier molecular flexibility index (Phi) is 10.6. The lowest BCUT2D eigenvalue weighted by Crippen LogP contribution is -2.61. The van der Waals surface area contributed by atoms with E-state index in [1.54, 1.807) is 6.92 Å². The van der Waals surface area contributed by atoms with Crippen molar-refractivity contribution in [3.05, 3.63) is 23.3 Å². The number of carbonyl (C=O) groups excluding carboxylic acids is 2. The zero-order valence-corrected chi connectivity index (χ0v) is 27.6. The molecule has 5 heteroatoms. The molecule has 4 aliphatic rings. The lowest BCUT2D eigenvalue weighted by atomic mass is 9.60. The molecule has 0 aromatic heterocycles. The second-order valence-corrected chi connectivity index (χ2v) is 15.0. The third kappa shape index (κ3) is 5.95. The van der Waals surface area contributed by atoms with E-state index in [0.29, 0.717) is 24.8 Å². The van der Waals surface area contributed by atoms with Crippen LogP contribution in [0.4, 0.5) is 0 Å². The third-order valence-corrected chi connectivity index (χ3v) is 11.9. The largest absolute Gasteiger partial charge is 0.458 e. The highest BCUT2D eigenvalue weighted by molar-refractivity contribution is 6.04. The molecule has 0 heterocycles. The van der Waals surface area contributed by atoms with Crippen molar-refractivity contribution in [1.29, 1.82) is 0 Å². The maximum absolute atomic E-state index is 13.2. The monoisotopic (exact) mass is 584 g/mol. The Morgan fingerprint density at radius 3 is 2.00 bits per heavy atom. The van der Waals surface area contributed by atoms with Crippen LogP contribution in [0.5, 0.6) is 0 Å². The van der Waals surface area contributed by atoms with Gasteiger partial charge in [0, 0.05) is 36.0 Å². The van der Waals surface area contributed by atoms with Crippen LogP contribution >= 0.6 is 0 Å². The molecule has 2 fully saturated rings. The molecule has 238 valence electrons. The Bertz CT molecular complexity index is 1040. The van der Waals surface area contributed by atoms with Gasteiger partial charge in [-0.1, -0.05) is 129 Å². The highest BCUT2D eigenvalue weighted by Gasteiger charge is 2.83. The highest BCUT2D eigenvalue weighted by atomic mass is 16.6. The van der Waals surface area contributed by atoms with Crippen LogP contribution in [0.25, 0.3) is 0 Å². The first-order valence-electron chi connectivity index (χ1n) is 17.5. The van der Waals surface area contributed by atoms with E-state index in [1.807, 2.05) is 19.9 Å². The predicted molar refractivity (Wildman–Crippen MR) is 169 cm³/mol. The summed E-state index contributed by atoms with van der Waals surface area (Å²) in [6.45, 7) is 12.4. The molecule has 0 spiro atoms. The first-order valence-corrected chi connectivity index (χ1v) is 17.5. The average Bonchev–Trinajstić information content (AvgIpc) is 3.34. The van der Waals surface area contributed by atoms with Crippen LogP contribution in [0.2, 0.25) is 0 Å². The van der Waals surface area contributed by atoms with Gasteiger partial charge >= 0.3 is 5.97 Å². The summed E-state index contributed by atoms with van der Waals surface area (Å²) in [6.07, 6.45) is 22.5. The third-order valence-electron chi connectivity index (χ3n) is 11.9. The van der Waals surface area contributed by atoms with Gasteiger partial charge in [0.2, 0.25) is 0 Å². The summed E-state index contributed by atoms with van der Waals surface area (Å²) < 4.78 is 6.40. The molecule has 2 unspecified atom stereocenters. The molecule has 4 aliphatic carbocycles. The van der Waals surface area contributed by atoms with E-state index in [-0.39, 0.29) is 41.3 Å². The fraction of sp³-hybridized carbons (Fsp3) is 0.838. The van der Waals surface area contributed by atoms with Gasteiger partial charge in [-0.15, -0.1) is 0 Å². The SMILES string of the molecule is CCCCCCCCCCCCCCCC(=O)O[C@@]12C[C@@H](C)[C@@]3(O)C(C=C(CC)C[C@]4(O)C(=O)C(C)=CC34)[C@@H]1C2(C)C. The summed E-state index contributed by atoms with van der Waals surface area (Å²) in [4.78, 5) is 26.4. The minimum absolute atomic E-state index is 0.0462. The van der Waals surface area contributed by atoms with Gasteiger partial charge < -0.3 is 14.9 Å². The molecular weight excluding hydrogens is 524 g/mol. The number of hydrogen-bond donors (Lipinski definition) is 2. The second kappa shape index (κ2) is 13.3. The molecule has 42 heavy (non-hydrogen) atoms. The Hall–Kier alpha value is -1.46. The van der Waals surface area contributed by atoms with Crippen LogP contribution in [-0.4, -0.2) is 38.8 Å². The molecule has 0 saturated heterocycles. The Morgan fingerprint density at radius 1 is 0.905 bits per heavy atom. The fourth-order valence-electron chi connectivity index (χ4n) is 9.27. The van der Waals surface area contributed by atoms with E-state index in [2.05, 4.69) is 26.8 Å². The van der Waals surface area contributed by atoms with Crippen molar-refractivity contribution in [3.8, 4) is 0 Å². The molecule has 0 bridgehead atoms. The van der Waals surface area contributed by atoms with Crippen molar-refractivity contribution in [2.45, 2.75) is 167 Å². The second-order valence-electron chi connectivity index (χ2n) is 15.0. The maximum Gasteiger partial charge on any atom is 0.306 e. The number of ether oxygens (including phenoxy) is 1. The van der Waals surface area contributed by atoms with Crippen LogP contribution in [0, 0.1) is 29.1 Å². The summed E-state index contributed by atoms with van der Waals surface area (Å²) in [6, 6.07) is 0. The number of Topliss-reactive ketones (excluding diaryl/α,β-unsaturated/α-hetero) is 1. The highest BCUT2D eigenvalue weighted by Crippen LogP contribution is 2.76. The first kappa shape index (κ1) is 33.4. The summed E-state index contributed by atoms with van der Waals surface area (Å²) in [7, 11) is 0. The average molecular weight is 585 g/mol. The zero-order chi connectivity index (χ0) is 30.8. The molecule has 4 rings (SSSR count). The van der Waals surface area contributed by atoms with Crippen molar-refractivity contribution in [3.63, 3.8) is 0 Å². The number of ketones is 1. The minimum atomic E-state index is -1.60. The van der Waals surface area contributed by atoms with Crippen molar-refractivity contribution in [2.24, 2.45) is 29.1 Å². The Balaban J connectivity index is 1.30. The zero-order valence-electron chi connectivity index (χ0n) is 27.6. The summed E-state index contributed by atoms with van der Waals surface area (Å²) in [5.74, 6) is -1.62. The van der Waals surface area contributed by atoms with Crippen LogP contribution in [0.1, 0.15) is 151 Å². The summed E-state index contributed by atoms with van der Waals surface area (Å²) >= 11 is 0. The van der Waals surface area contributed by atoms with Crippen molar-refractivity contribution in [1.82, 2.24) is 0 Å². The molecule has 0 amide bonds. The van der Waals surface area contributed by atoms with Gasteiger partial charge in [-0.2, -0.15) is 0 Å². The predicted octanol–water partition coefficient (Wildman–Crippen LogP) is 8.41. The quantitative estimate of drug-likeness (QED) is 0.108. The number of unbranched alkanes of at least 4 members (excludes halogenated alkanes) is 12. The van der Waals surface area contributed by atoms with Crippen molar-refractivity contribution >= 4 is 11.8 Å². The summed E-state index contributed by atoms with van der Waals surface area (Å²) in [5, 5.41) is 24.2. The van der Waals surface area contributed by atoms with Gasteiger partial charge in [-0.25, -0.2) is 0 Å². The molecule has 2 N–H and O–H groups in total. The number of hydrogen-bond acceptors (Lipinski definition) is 5. The van der Waals surface area contributed by atoms with Gasteiger partial charge in [0.15, 0.2) is 5.78 Å². The first-order chi connectivity index (χ1) is 19.9. The molecule has 0 aliphatic heterocycles. The number of carbonyl (C=O) groups is 2. The Morgan fingerprint density at radius 2 is 1.45 bits per heavy atom. The van der Waals surface area contributed by atoms with Gasteiger partial charge in [-0.3, -0.25) is 9.59 Å². The van der Waals surface area contributed by atoms with Gasteiger partial charge in [0.05, 0.1) is 5.60 Å². The molecule has 0 aromatic rings. The van der Waals surface area contributed by atoms with Gasteiger partial charge in [-0.05, 0) is 37.7 Å². The van der Waals surface area contributed by atoms with Crippen LogP contribution in [-0.2, 0) is 14.3 Å². The minimum Gasteiger partial charge on any atom is -0.458 e. The number of fused-ring (bicyclic) bond motifs is 5. The van der Waals surface area contributed by atoms with Crippen LogP contribution in [0.3, 0.4) is 0 Å². The van der Waals surface area contributed by atoms with Gasteiger partial charge in [0.1, 0.15) is 11.2 Å².